The molecule has 0 amide bonds. The summed E-state index contributed by atoms with van der Waals surface area (Å²) in [4.78, 5) is 7.61. The number of fused-ring (bicyclic) bond motifs is 1. The van der Waals surface area contributed by atoms with E-state index in [4.69, 9.17) is 4.74 Å². The highest BCUT2D eigenvalue weighted by atomic mass is 16.5. The Morgan fingerprint density at radius 1 is 1.26 bits per heavy atom. The molecule has 0 aliphatic heterocycles. The van der Waals surface area contributed by atoms with Crippen molar-refractivity contribution in [2.45, 2.75) is 32.3 Å². The maximum Gasteiger partial charge on any atom is 0.0925 e. The van der Waals surface area contributed by atoms with Gasteiger partial charge in [-0.15, -0.1) is 0 Å². The molecule has 0 fully saturated rings. The summed E-state index contributed by atoms with van der Waals surface area (Å²) in [5.41, 5.74) is 3.85. The van der Waals surface area contributed by atoms with Gasteiger partial charge in [0.25, 0.3) is 0 Å². The third kappa shape index (κ3) is 3.24. The molecule has 100 valence electrons. The average Bonchev–Trinajstić information content (AvgIpc) is 2.92. The first-order valence-corrected chi connectivity index (χ1v) is 7.04. The second kappa shape index (κ2) is 6.02. The van der Waals surface area contributed by atoms with Crippen LogP contribution in [0, 0.1) is 5.92 Å². The van der Waals surface area contributed by atoms with E-state index in [2.05, 4.69) is 34.2 Å². The Morgan fingerprint density at radius 2 is 2.16 bits per heavy atom. The highest BCUT2D eigenvalue weighted by Crippen LogP contribution is 2.25. The van der Waals surface area contributed by atoms with Gasteiger partial charge >= 0.3 is 0 Å². The van der Waals surface area contributed by atoms with Crippen LogP contribution in [0.1, 0.15) is 29.8 Å². The third-order valence-corrected chi connectivity index (χ3v) is 3.87. The number of benzene rings is 1. The number of aryl methyl sites for hydroxylation is 1. The Bertz CT molecular complexity index is 506. The van der Waals surface area contributed by atoms with Crippen molar-refractivity contribution in [3.63, 3.8) is 0 Å². The van der Waals surface area contributed by atoms with Gasteiger partial charge in [0.1, 0.15) is 0 Å². The summed E-state index contributed by atoms with van der Waals surface area (Å²) in [5, 5.41) is 0. The van der Waals surface area contributed by atoms with E-state index in [1.54, 1.807) is 0 Å². The Labute approximate surface area is 114 Å². The number of aromatic nitrogens is 2. The smallest absolute Gasteiger partial charge is 0.0925 e. The van der Waals surface area contributed by atoms with Gasteiger partial charge in [-0.05, 0) is 37.2 Å². The summed E-state index contributed by atoms with van der Waals surface area (Å²) in [5.74, 6) is 0.728. The van der Waals surface area contributed by atoms with E-state index in [-0.39, 0.29) is 0 Å². The summed E-state index contributed by atoms with van der Waals surface area (Å²) in [6.45, 7) is 1.57. The van der Waals surface area contributed by atoms with E-state index in [0.717, 1.165) is 38.4 Å². The van der Waals surface area contributed by atoms with Gasteiger partial charge < -0.3 is 9.72 Å². The minimum absolute atomic E-state index is 0.723. The van der Waals surface area contributed by atoms with Gasteiger partial charge in [-0.1, -0.05) is 30.3 Å². The Hall–Kier alpha value is -1.61. The summed E-state index contributed by atoms with van der Waals surface area (Å²) >= 11 is 0. The molecule has 2 aromatic rings. The molecule has 0 radical (unpaired) electrons. The normalized spacial score (nSPS) is 18.2. The molecule has 0 bridgehead atoms. The monoisotopic (exact) mass is 256 g/mol. The maximum atomic E-state index is 5.76. The Morgan fingerprint density at radius 3 is 3.05 bits per heavy atom. The van der Waals surface area contributed by atoms with Crippen molar-refractivity contribution in [2.75, 3.05) is 6.61 Å². The van der Waals surface area contributed by atoms with Gasteiger partial charge in [0, 0.05) is 12.3 Å². The number of aromatic amines is 1. The second-order valence-corrected chi connectivity index (χ2v) is 5.26. The Kier molecular flexibility index (Phi) is 3.94. The number of ether oxygens (including phenoxy) is 1. The number of rotatable bonds is 5. The van der Waals surface area contributed by atoms with E-state index >= 15 is 0 Å². The van der Waals surface area contributed by atoms with E-state index in [0.29, 0.717) is 0 Å². The number of nitrogens with zero attached hydrogens (tertiary/aromatic N) is 1. The first-order valence-electron chi connectivity index (χ1n) is 7.04. The Balaban J connectivity index is 1.40. The van der Waals surface area contributed by atoms with Crippen molar-refractivity contribution in [3.05, 3.63) is 53.6 Å². The van der Waals surface area contributed by atoms with Crippen molar-refractivity contribution in [1.82, 2.24) is 9.97 Å². The SMILES string of the molecule is c1ccc(COCCC2CCc3[nH]cnc3C2)cc1. The minimum atomic E-state index is 0.723. The molecule has 19 heavy (non-hydrogen) atoms. The predicted octanol–water partition coefficient (Wildman–Crippen LogP) is 3.12. The summed E-state index contributed by atoms with van der Waals surface area (Å²) in [7, 11) is 0. The van der Waals surface area contributed by atoms with E-state index < -0.39 is 0 Å². The number of hydrogen-bond acceptors (Lipinski definition) is 2. The molecule has 1 aliphatic rings. The fourth-order valence-corrected chi connectivity index (χ4v) is 2.73. The molecule has 0 saturated heterocycles. The molecule has 0 spiro atoms. The summed E-state index contributed by atoms with van der Waals surface area (Å²) < 4.78 is 5.76. The van der Waals surface area contributed by atoms with Crippen LogP contribution in [0.4, 0.5) is 0 Å². The van der Waals surface area contributed by atoms with Crippen LogP contribution in [0.5, 0.6) is 0 Å². The molecule has 3 rings (SSSR count). The van der Waals surface area contributed by atoms with Crippen molar-refractivity contribution in [3.8, 4) is 0 Å². The third-order valence-electron chi connectivity index (χ3n) is 3.87. The van der Waals surface area contributed by atoms with E-state index in [9.17, 15) is 0 Å². The highest BCUT2D eigenvalue weighted by Gasteiger charge is 2.20. The highest BCUT2D eigenvalue weighted by molar-refractivity contribution is 5.15. The van der Waals surface area contributed by atoms with Gasteiger partial charge in [0.15, 0.2) is 0 Å². The molecule has 3 nitrogen and oxygen atoms in total. The van der Waals surface area contributed by atoms with Crippen LogP contribution in [0.2, 0.25) is 0 Å². The van der Waals surface area contributed by atoms with Crippen molar-refractivity contribution in [1.29, 1.82) is 0 Å². The van der Waals surface area contributed by atoms with Gasteiger partial charge in [-0.25, -0.2) is 4.98 Å². The topological polar surface area (TPSA) is 37.9 Å². The number of H-pyrrole nitrogens is 1. The van der Waals surface area contributed by atoms with Crippen LogP contribution in [-0.2, 0) is 24.2 Å². The van der Waals surface area contributed by atoms with Crippen LogP contribution in [0.15, 0.2) is 36.7 Å². The first kappa shape index (κ1) is 12.4. The van der Waals surface area contributed by atoms with Crippen molar-refractivity contribution >= 4 is 0 Å². The maximum absolute atomic E-state index is 5.76. The lowest BCUT2D eigenvalue weighted by atomic mass is 9.88. The lowest BCUT2D eigenvalue weighted by molar-refractivity contribution is 0.105. The molecule has 1 aromatic carbocycles. The largest absolute Gasteiger partial charge is 0.377 e. The molecule has 0 saturated carbocycles. The van der Waals surface area contributed by atoms with Crippen molar-refractivity contribution in [2.24, 2.45) is 5.92 Å². The zero-order valence-corrected chi connectivity index (χ0v) is 11.1. The quantitative estimate of drug-likeness (QED) is 0.835. The molecule has 1 unspecified atom stereocenters. The lowest BCUT2D eigenvalue weighted by Crippen LogP contribution is -2.16. The number of nitrogens with one attached hydrogen (secondary N) is 1. The fourth-order valence-electron chi connectivity index (χ4n) is 2.73. The standard InChI is InChI=1S/C16H20N2O/c1-2-4-14(5-3-1)11-19-9-8-13-6-7-15-16(10-13)18-12-17-15/h1-5,12-13H,6-11H2,(H,17,18). The fraction of sp³-hybridized carbons (Fsp3) is 0.438. The van der Waals surface area contributed by atoms with Gasteiger partial charge in [-0.3, -0.25) is 0 Å². The molecular formula is C16H20N2O. The van der Waals surface area contributed by atoms with Gasteiger partial charge in [0.2, 0.25) is 0 Å². The molecule has 1 heterocycles. The summed E-state index contributed by atoms with van der Waals surface area (Å²) in [6, 6.07) is 10.4. The number of hydrogen-bond donors (Lipinski definition) is 1. The zero-order chi connectivity index (χ0) is 12.9. The first-order chi connectivity index (χ1) is 9.42. The van der Waals surface area contributed by atoms with Crippen LogP contribution in [0.3, 0.4) is 0 Å². The second-order valence-electron chi connectivity index (χ2n) is 5.26. The minimum Gasteiger partial charge on any atom is -0.377 e. The van der Waals surface area contributed by atoms with Gasteiger partial charge in [-0.2, -0.15) is 0 Å². The molecule has 1 N–H and O–H groups in total. The van der Waals surface area contributed by atoms with Gasteiger partial charge in [0.05, 0.1) is 18.6 Å². The molecule has 1 aliphatic carbocycles. The number of imidazole rings is 1. The summed E-state index contributed by atoms with van der Waals surface area (Å²) in [6.07, 6.45) is 6.45. The van der Waals surface area contributed by atoms with E-state index in [1.807, 2.05) is 12.4 Å². The van der Waals surface area contributed by atoms with Crippen LogP contribution in [0.25, 0.3) is 0 Å². The molecule has 1 aromatic heterocycles. The van der Waals surface area contributed by atoms with Crippen LogP contribution in [-0.4, -0.2) is 16.6 Å². The van der Waals surface area contributed by atoms with Crippen LogP contribution < -0.4 is 0 Å². The molecular weight excluding hydrogens is 236 g/mol. The van der Waals surface area contributed by atoms with Crippen LogP contribution >= 0.6 is 0 Å². The average molecular weight is 256 g/mol. The predicted molar refractivity (Wildman–Crippen MR) is 74.8 cm³/mol. The molecule has 1 atom stereocenters. The van der Waals surface area contributed by atoms with E-state index in [1.165, 1.54) is 23.4 Å². The van der Waals surface area contributed by atoms with Crippen molar-refractivity contribution < 1.29 is 4.74 Å². The molecule has 3 heteroatoms. The zero-order valence-electron chi connectivity index (χ0n) is 11.1. The lowest BCUT2D eigenvalue weighted by Gasteiger charge is -2.21.